The molecule has 2 aromatic heterocycles. The first kappa shape index (κ1) is 17.9. The zero-order valence-corrected chi connectivity index (χ0v) is 15.1. The molecule has 3 aromatic rings. The van der Waals surface area contributed by atoms with Crippen LogP contribution in [0.15, 0.2) is 24.3 Å². The number of rotatable bonds is 7. The van der Waals surface area contributed by atoms with E-state index in [1.165, 1.54) is 0 Å². The zero-order chi connectivity index (χ0) is 18.7. The van der Waals surface area contributed by atoms with E-state index in [4.69, 9.17) is 5.73 Å². The lowest BCUT2D eigenvalue weighted by Crippen LogP contribution is -2.30. The van der Waals surface area contributed by atoms with Crippen molar-refractivity contribution in [3.05, 3.63) is 29.8 Å². The molecule has 0 fully saturated rings. The molecule has 0 unspecified atom stereocenters. The molecule has 26 heavy (non-hydrogen) atoms. The van der Waals surface area contributed by atoms with Gasteiger partial charge in [0, 0.05) is 19.3 Å². The Labute approximate surface area is 151 Å². The van der Waals surface area contributed by atoms with Gasteiger partial charge in [-0.05, 0) is 17.5 Å². The second kappa shape index (κ2) is 7.52. The Bertz CT molecular complexity index is 892. The molecule has 0 amide bonds. The van der Waals surface area contributed by atoms with Crippen LogP contribution in [-0.2, 0) is 13.6 Å². The van der Waals surface area contributed by atoms with Crippen molar-refractivity contribution in [3.8, 4) is 0 Å². The topological polar surface area (TPSA) is 127 Å². The lowest BCUT2D eigenvalue weighted by molar-refractivity contribution is 0.248. The number of aliphatic hydroxyl groups is 1. The van der Waals surface area contributed by atoms with E-state index in [-0.39, 0.29) is 18.6 Å². The molecule has 0 aliphatic carbocycles. The summed E-state index contributed by atoms with van der Waals surface area (Å²) < 4.78 is 1.59. The average molecular weight is 356 g/mol. The Balaban J connectivity index is 1.91. The van der Waals surface area contributed by atoms with Crippen LogP contribution in [0.5, 0.6) is 0 Å². The molecule has 0 aliphatic heterocycles. The maximum absolute atomic E-state index is 9.56. The molecule has 0 radical (unpaired) electrons. The predicted octanol–water partition coefficient (Wildman–Crippen LogP) is 1.38. The molecular formula is C17H24N8O. The summed E-state index contributed by atoms with van der Waals surface area (Å²) in [7, 11) is 1.77. The second-order valence-corrected chi connectivity index (χ2v) is 6.51. The van der Waals surface area contributed by atoms with Crippen LogP contribution in [0.4, 0.5) is 17.5 Å². The molecule has 5 N–H and O–H groups in total. The van der Waals surface area contributed by atoms with Crippen LogP contribution in [0.1, 0.15) is 19.4 Å². The van der Waals surface area contributed by atoms with Crippen molar-refractivity contribution in [1.29, 1.82) is 0 Å². The van der Waals surface area contributed by atoms with Crippen LogP contribution in [0.2, 0.25) is 0 Å². The molecule has 0 aliphatic rings. The van der Waals surface area contributed by atoms with E-state index in [0.717, 1.165) is 5.56 Å². The van der Waals surface area contributed by atoms with Gasteiger partial charge in [-0.25, -0.2) is 4.68 Å². The van der Waals surface area contributed by atoms with Crippen molar-refractivity contribution >= 4 is 28.6 Å². The van der Waals surface area contributed by atoms with Gasteiger partial charge in [0.1, 0.15) is 0 Å². The number of nitrogens with two attached hydrogens (primary N) is 1. The molecule has 0 spiro atoms. The van der Waals surface area contributed by atoms with E-state index < -0.39 is 0 Å². The fourth-order valence-electron chi connectivity index (χ4n) is 2.57. The summed E-state index contributed by atoms with van der Waals surface area (Å²) in [6, 6.07) is 7.50. The first-order valence-corrected chi connectivity index (χ1v) is 8.51. The highest BCUT2D eigenvalue weighted by Gasteiger charge is 2.17. The highest BCUT2D eigenvalue weighted by molar-refractivity contribution is 5.83. The SMILES string of the molecule is CC(C)[C@H](CO)Nc1nc(NCc2ccccc2N)c2nnn(C)c2n1. The third-order valence-electron chi connectivity index (χ3n) is 4.27. The van der Waals surface area contributed by atoms with Crippen LogP contribution < -0.4 is 16.4 Å². The molecule has 3 rings (SSSR count). The third-order valence-corrected chi connectivity index (χ3v) is 4.27. The molecule has 2 heterocycles. The van der Waals surface area contributed by atoms with E-state index in [0.29, 0.717) is 35.2 Å². The number of nitrogens with one attached hydrogen (secondary N) is 2. The number of fused-ring (bicyclic) bond motifs is 1. The van der Waals surface area contributed by atoms with Gasteiger partial charge in [0.15, 0.2) is 17.0 Å². The van der Waals surface area contributed by atoms with Gasteiger partial charge in [0.2, 0.25) is 5.95 Å². The minimum atomic E-state index is -0.147. The van der Waals surface area contributed by atoms with Crippen molar-refractivity contribution in [2.45, 2.75) is 26.4 Å². The highest BCUT2D eigenvalue weighted by Crippen LogP contribution is 2.22. The minimum Gasteiger partial charge on any atom is -0.398 e. The number of aromatic nitrogens is 5. The number of hydrogen-bond acceptors (Lipinski definition) is 8. The molecule has 138 valence electrons. The van der Waals surface area contributed by atoms with Crippen molar-refractivity contribution in [2.24, 2.45) is 13.0 Å². The Morgan fingerprint density at radius 1 is 1.23 bits per heavy atom. The molecule has 1 aromatic carbocycles. The normalized spacial score (nSPS) is 12.5. The van der Waals surface area contributed by atoms with E-state index in [1.807, 2.05) is 38.1 Å². The Morgan fingerprint density at radius 3 is 2.69 bits per heavy atom. The first-order chi connectivity index (χ1) is 12.5. The summed E-state index contributed by atoms with van der Waals surface area (Å²) in [6.45, 7) is 4.54. The number of benzene rings is 1. The summed E-state index contributed by atoms with van der Waals surface area (Å²) in [4.78, 5) is 9.01. The summed E-state index contributed by atoms with van der Waals surface area (Å²) in [5, 5.41) is 24.2. The van der Waals surface area contributed by atoms with Gasteiger partial charge in [0.05, 0.1) is 12.6 Å². The van der Waals surface area contributed by atoms with Crippen molar-refractivity contribution < 1.29 is 5.11 Å². The van der Waals surface area contributed by atoms with Crippen molar-refractivity contribution in [2.75, 3.05) is 23.0 Å². The maximum atomic E-state index is 9.56. The van der Waals surface area contributed by atoms with Crippen LogP contribution in [-0.4, -0.2) is 42.7 Å². The summed E-state index contributed by atoms with van der Waals surface area (Å²) in [5.41, 5.74) is 8.86. The molecular weight excluding hydrogens is 332 g/mol. The fourth-order valence-corrected chi connectivity index (χ4v) is 2.57. The number of aryl methyl sites for hydroxylation is 1. The molecule has 9 nitrogen and oxygen atoms in total. The molecule has 0 bridgehead atoms. The lowest BCUT2D eigenvalue weighted by Gasteiger charge is -2.20. The number of anilines is 3. The monoisotopic (exact) mass is 356 g/mol. The molecule has 1 atom stereocenters. The largest absolute Gasteiger partial charge is 0.398 e. The summed E-state index contributed by atoms with van der Waals surface area (Å²) in [5.74, 6) is 1.21. The van der Waals surface area contributed by atoms with Gasteiger partial charge in [0.25, 0.3) is 0 Å². The molecule has 0 saturated heterocycles. The minimum absolute atomic E-state index is 0.00793. The Kier molecular flexibility index (Phi) is 5.17. The number of aliphatic hydroxyl groups excluding tert-OH is 1. The van der Waals surface area contributed by atoms with Gasteiger partial charge >= 0.3 is 0 Å². The van der Waals surface area contributed by atoms with Gasteiger partial charge in [-0.1, -0.05) is 37.3 Å². The van der Waals surface area contributed by atoms with Crippen LogP contribution in [0.25, 0.3) is 11.2 Å². The number of para-hydroxylation sites is 1. The van der Waals surface area contributed by atoms with Gasteiger partial charge < -0.3 is 21.5 Å². The van der Waals surface area contributed by atoms with Gasteiger partial charge in [-0.3, -0.25) is 0 Å². The fraction of sp³-hybridized carbons (Fsp3) is 0.412. The van der Waals surface area contributed by atoms with E-state index in [9.17, 15) is 5.11 Å². The second-order valence-electron chi connectivity index (χ2n) is 6.51. The van der Waals surface area contributed by atoms with Crippen LogP contribution >= 0.6 is 0 Å². The smallest absolute Gasteiger partial charge is 0.227 e. The lowest BCUT2D eigenvalue weighted by atomic mass is 10.1. The van der Waals surface area contributed by atoms with E-state index >= 15 is 0 Å². The van der Waals surface area contributed by atoms with Crippen LogP contribution in [0, 0.1) is 5.92 Å². The predicted molar refractivity (Wildman–Crippen MR) is 102 cm³/mol. The quantitative estimate of drug-likeness (QED) is 0.468. The zero-order valence-electron chi connectivity index (χ0n) is 15.1. The Hall–Kier alpha value is -2.94. The van der Waals surface area contributed by atoms with E-state index in [1.54, 1.807) is 11.7 Å². The van der Waals surface area contributed by atoms with Crippen molar-refractivity contribution in [1.82, 2.24) is 25.0 Å². The summed E-state index contributed by atoms with van der Waals surface area (Å²) >= 11 is 0. The average Bonchev–Trinajstić information content (AvgIpc) is 3.00. The molecule has 0 saturated carbocycles. The standard InChI is InChI=1S/C17H24N8O/c1-10(2)13(9-26)20-17-21-15(14-16(22-17)25(3)24-23-14)19-8-11-6-4-5-7-12(11)18/h4-7,10,13,26H,8-9,18H2,1-3H3,(H2,19,20,21,22)/t13-/m0/s1. The molecule has 9 heteroatoms. The maximum Gasteiger partial charge on any atom is 0.227 e. The number of hydrogen-bond donors (Lipinski definition) is 4. The van der Waals surface area contributed by atoms with Gasteiger partial charge in [-0.2, -0.15) is 9.97 Å². The van der Waals surface area contributed by atoms with Gasteiger partial charge in [-0.15, -0.1) is 5.10 Å². The number of nitrogens with zero attached hydrogens (tertiary/aromatic N) is 5. The third kappa shape index (κ3) is 3.67. The van der Waals surface area contributed by atoms with E-state index in [2.05, 4.69) is 30.9 Å². The summed E-state index contributed by atoms with van der Waals surface area (Å²) in [6.07, 6.45) is 0. The van der Waals surface area contributed by atoms with Crippen molar-refractivity contribution in [3.63, 3.8) is 0 Å². The number of nitrogen functional groups attached to an aromatic ring is 1. The Morgan fingerprint density at radius 2 is 2.00 bits per heavy atom. The highest BCUT2D eigenvalue weighted by atomic mass is 16.3. The van der Waals surface area contributed by atoms with Crippen LogP contribution in [0.3, 0.4) is 0 Å². The first-order valence-electron chi connectivity index (χ1n) is 8.51.